The third-order valence-electron chi connectivity index (χ3n) is 3.88. The number of rotatable bonds is 5. The van der Waals surface area contributed by atoms with Crippen LogP contribution in [0, 0.1) is 0 Å². The molecular formula is C19H17N5O. The topological polar surface area (TPSA) is 64.3 Å². The van der Waals surface area contributed by atoms with Gasteiger partial charge in [-0.25, -0.2) is 4.98 Å². The van der Waals surface area contributed by atoms with E-state index in [0.717, 1.165) is 22.7 Å². The van der Waals surface area contributed by atoms with E-state index >= 15 is 0 Å². The molecule has 0 radical (unpaired) electrons. The number of anilines is 1. The Morgan fingerprint density at radius 1 is 1.04 bits per heavy atom. The molecule has 4 aromatic rings. The number of methoxy groups -OCH3 is 1. The lowest BCUT2D eigenvalue weighted by atomic mass is 10.2. The van der Waals surface area contributed by atoms with Gasteiger partial charge in [0.25, 0.3) is 0 Å². The van der Waals surface area contributed by atoms with Crippen molar-refractivity contribution in [3.8, 4) is 17.1 Å². The van der Waals surface area contributed by atoms with Gasteiger partial charge in [-0.2, -0.15) is 4.52 Å². The highest BCUT2D eigenvalue weighted by Crippen LogP contribution is 2.29. The lowest BCUT2D eigenvalue weighted by Crippen LogP contribution is -2.04. The molecule has 0 aliphatic rings. The molecule has 25 heavy (non-hydrogen) atoms. The van der Waals surface area contributed by atoms with Crippen LogP contribution in [0.5, 0.6) is 5.88 Å². The predicted octanol–water partition coefficient (Wildman–Crippen LogP) is 3.41. The third-order valence-corrected chi connectivity index (χ3v) is 3.88. The van der Waals surface area contributed by atoms with Gasteiger partial charge in [0.1, 0.15) is 11.5 Å². The molecule has 0 bridgehead atoms. The number of nitrogens with one attached hydrogen (secondary N) is 1. The summed E-state index contributed by atoms with van der Waals surface area (Å²) in [5.41, 5.74) is 3.53. The zero-order valence-electron chi connectivity index (χ0n) is 13.8. The number of ether oxygens (including phenoxy) is 1. The van der Waals surface area contributed by atoms with Gasteiger partial charge < -0.3 is 10.1 Å². The van der Waals surface area contributed by atoms with E-state index in [1.54, 1.807) is 24.0 Å². The fraction of sp³-hybridized carbons (Fsp3) is 0.105. The fourth-order valence-corrected chi connectivity index (χ4v) is 2.67. The molecule has 124 valence electrons. The van der Waals surface area contributed by atoms with E-state index in [1.165, 1.54) is 5.56 Å². The van der Waals surface area contributed by atoms with Crippen molar-refractivity contribution in [1.82, 2.24) is 19.6 Å². The van der Waals surface area contributed by atoms with Crippen molar-refractivity contribution in [2.45, 2.75) is 6.54 Å². The summed E-state index contributed by atoms with van der Waals surface area (Å²) in [5, 5.41) is 7.93. The van der Waals surface area contributed by atoms with Gasteiger partial charge in [-0.15, -0.1) is 5.10 Å². The summed E-state index contributed by atoms with van der Waals surface area (Å²) in [4.78, 5) is 8.77. The number of benzene rings is 1. The molecule has 0 saturated carbocycles. The SMILES string of the molecule is COc1c(-c2cccnc2)nc2ccc(NCc3ccccc3)nn12. The van der Waals surface area contributed by atoms with Crippen LogP contribution in [0.25, 0.3) is 16.9 Å². The van der Waals surface area contributed by atoms with Crippen LogP contribution in [-0.4, -0.2) is 26.7 Å². The first-order valence-corrected chi connectivity index (χ1v) is 7.97. The van der Waals surface area contributed by atoms with Crippen LogP contribution in [0.1, 0.15) is 5.56 Å². The smallest absolute Gasteiger partial charge is 0.243 e. The van der Waals surface area contributed by atoms with Gasteiger partial charge in [0.15, 0.2) is 5.65 Å². The summed E-state index contributed by atoms with van der Waals surface area (Å²) < 4.78 is 7.26. The Bertz CT molecular complexity index is 983. The maximum atomic E-state index is 5.55. The van der Waals surface area contributed by atoms with E-state index in [2.05, 4.69) is 32.5 Å². The molecule has 3 aromatic heterocycles. The van der Waals surface area contributed by atoms with Crippen LogP contribution in [0.4, 0.5) is 5.82 Å². The molecule has 0 aliphatic carbocycles. The first-order chi connectivity index (χ1) is 12.3. The summed E-state index contributed by atoms with van der Waals surface area (Å²) in [6.45, 7) is 0.700. The van der Waals surface area contributed by atoms with Crippen LogP contribution in [-0.2, 0) is 6.54 Å². The summed E-state index contributed by atoms with van der Waals surface area (Å²) >= 11 is 0. The van der Waals surface area contributed by atoms with Gasteiger partial charge in [-0.05, 0) is 29.8 Å². The van der Waals surface area contributed by atoms with Crippen molar-refractivity contribution in [1.29, 1.82) is 0 Å². The Kier molecular flexibility index (Phi) is 4.00. The molecule has 6 nitrogen and oxygen atoms in total. The van der Waals surface area contributed by atoms with Crippen molar-refractivity contribution in [3.63, 3.8) is 0 Å². The second-order valence-corrected chi connectivity index (χ2v) is 5.54. The molecule has 0 amide bonds. The molecule has 0 spiro atoms. The average molecular weight is 331 g/mol. The zero-order valence-corrected chi connectivity index (χ0v) is 13.8. The van der Waals surface area contributed by atoms with Gasteiger partial charge in [0.2, 0.25) is 5.88 Å². The Morgan fingerprint density at radius 2 is 1.92 bits per heavy atom. The molecule has 0 saturated heterocycles. The number of nitrogens with zero attached hydrogens (tertiary/aromatic N) is 4. The lowest BCUT2D eigenvalue weighted by Gasteiger charge is -2.07. The van der Waals surface area contributed by atoms with Crippen molar-refractivity contribution in [3.05, 3.63) is 72.6 Å². The normalized spacial score (nSPS) is 10.8. The van der Waals surface area contributed by atoms with Crippen molar-refractivity contribution in [2.24, 2.45) is 0 Å². The Morgan fingerprint density at radius 3 is 2.68 bits per heavy atom. The first-order valence-electron chi connectivity index (χ1n) is 7.97. The summed E-state index contributed by atoms with van der Waals surface area (Å²) in [6, 6.07) is 17.8. The Balaban J connectivity index is 1.68. The van der Waals surface area contributed by atoms with Crippen molar-refractivity contribution >= 4 is 11.5 Å². The Hall–Kier alpha value is -3.41. The minimum absolute atomic E-state index is 0.589. The highest BCUT2D eigenvalue weighted by Gasteiger charge is 2.16. The number of hydrogen-bond donors (Lipinski definition) is 1. The number of fused-ring (bicyclic) bond motifs is 1. The average Bonchev–Trinajstić information content (AvgIpc) is 3.05. The molecule has 0 aliphatic heterocycles. The minimum atomic E-state index is 0.589. The molecule has 3 heterocycles. The quantitative estimate of drug-likeness (QED) is 0.607. The van der Waals surface area contributed by atoms with Crippen LogP contribution in [0.15, 0.2) is 67.0 Å². The molecular weight excluding hydrogens is 314 g/mol. The summed E-state index contributed by atoms with van der Waals surface area (Å²) in [6.07, 6.45) is 3.49. The fourth-order valence-electron chi connectivity index (χ4n) is 2.67. The molecule has 0 atom stereocenters. The molecule has 1 aromatic carbocycles. The first kappa shape index (κ1) is 15.1. The van der Waals surface area contributed by atoms with Crippen molar-refractivity contribution < 1.29 is 4.74 Å². The molecule has 6 heteroatoms. The van der Waals surface area contributed by atoms with E-state index in [4.69, 9.17) is 4.74 Å². The number of aromatic nitrogens is 4. The van der Waals surface area contributed by atoms with Crippen LogP contribution >= 0.6 is 0 Å². The third kappa shape index (κ3) is 3.01. The second kappa shape index (κ2) is 6.60. The zero-order chi connectivity index (χ0) is 17.1. The lowest BCUT2D eigenvalue weighted by molar-refractivity contribution is 0.389. The van der Waals surface area contributed by atoms with Crippen LogP contribution in [0.3, 0.4) is 0 Å². The van der Waals surface area contributed by atoms with E-state index in [-0.39, 0.29) is 0 Å². The Labute approximate surface area is 145 Å². The standard InChI is InChI=1S/C19H17N5O/c1-25-19-18(15-8-5-11-20-13-15)22-17-10-9-16(23-24(17)19)21-12-14-6-3-2-4-7-14/h2-11,13H,12H2,1H3,(H,21,23). The highest BCUT2D eigenvalue weighted by atomic mass is 16.5. The monoisotopic (exact) mass is 331 g/mol. The molecule has 1 N–H and O–H groups in total. The van der Waals surface area contributed by atoms with E-state index in [1.807, 2.05) is 42.5 Å². The van der Waals surface area contributed by atoms with Crippen molar-refractivity contribution in [2.75, 3.05) is 12.4 Å². The van der Waals surface area contributed by atoms with E-state index < -0.39 is 0 Å². The van der Waals surface area contributed by atoms with Gasteiger partial charge in [0.05, 0.1) is 7.11 Å². The van der Waals surface area contributed by atoms with Gasteiger partial charge in [-0.3, -0.25) is 4.98 Å². The number of imidazole rings is 1. The maximum Gasteiger partial charge on any atom is 0.243 e. The number of hydrogen-bond acceptors (Lipinski definition) is 5. The highest BCUT2D eigenvalue weighted by molar-refractivity contribution is 5.68. The summed E-state index contributed by atoms with van der Waals surface area (Å²) in [7, 11) is 1.62. The minimum Gasteiger partial charge on any atom is -0.479 e. The second-order valence-electron chi connectivity index (χ2n) is 5.54. The molecule has 0 fully saturated rings. The van der Waals surface area contributed by atoms with Gasteiger partial charge in [0, 0.05) is 24.5 Å². The summed E-state index contributed by atoms with van der Waals surface area (Å²) in [5.74, 6) is 1.34. The van der Waals surface area contributed by atoms with Crippen LogP contribution < -0.4 is 10.1 Å². The predicted molar refractivity (Wildman–Crippen MR) is 96.5 cm³/mol. The van der Waals surface area contributed by atoms with Gasteiger partial charge in [-0.1, -0.05) is 30.3 Å². The molecule has 0 unspecified atom stereocenters. The van der Waals surface area contributed by atoms with E-state index in [0.29, 0.717) is 12.4 Å². The molecule has 4 rings (SSSR count). The van der Waals surface area contributed by atoms with Crippen LogP contribution in [0.2, 0.25) is 0 Å². The maximum absolute atomic E-state index is 5.55. The van der Waals surface area contributed by atoms with E-state index in [9.17, 15) is 0 Å². The number of pyridine rings is 1. The van der Waals surface area contributed by atoms with Gasteiger partial charge >= 0.3 is 0 Å². The largest absolute Gasteiger partial charge is 0.479 e.